The molecule has 0 spiro atoms. The van der Waals surface area contributed by atoms with Crippen LogP contribution in [0.1, 0.15) is 0 Å². The van der Waals surface area contributed by atoms with Crippen molar-refractivity contribution in [3.63, 3.8) is 0 Å². The van der Waals surface area contributed by atoms with Crippen LogP contribution in [0.25, 0.3) is 93.9 Å². The lowest BCUT2D eigenvalue weighted by atomic mass is 9.88. The van der Waals surface area contributed by atoms with Gasteiger partial charge in [-0.1, -0.05) is 182 Å². The lowest BCUT2D eigenvalue weighted by Crippen LogP contribution is -2.11. The van der Waals surface area contributed by atoms with Gasteiger partial charge < -0.3 is 13.9 Å². The van der Waals surface area contributed by atoms with Crippen LogP contribution in [0.5, 0.6) is 0 Å². The van der Waals surface area contributed by atoms with Crippen LogP contribution in [0.4, 0.5) is 17.1 Å². The molecule has 2 heterocycles. The topological polar surface area (TPSA) is 21.3 Å². The summed E-state index contributed by atoms with van der Waals surface area (Å²) < 4.78 is 8.93. The quantitative estimate of drug-likeness (QED) is 0.153. The van der Waals surface area contributed by atoms with Gasteiger partial charge >= 0.3 is 0 Å². The third kappa shape index (κ3) is 6.21. The first-order valence-corrected chi connectivity index (χ1v) is 21.5. The number of hydrogen-bond donors (Lipinski definition) is 0. The molecule has 0 fully saturated rings. The zero-order valence-electron chi connectivity index (χ0n) is 34.4. The number of nitrogens with zero attached hydrogens (tertiary/aromatic N) is 2. The Kier molecular flexibility index (Phi) is 8.83. The molecule has 0 saturated heterocycles. The lowest BCUT2D eigenvalue weighted by Gasteiger charge is -2.28. The predicted octanol–water partition coefficient (Wildman–Crippen LogP) is 16.8. The van der Waals surface area contributed by atoms with Crippen LogP contribution in [0.15, 0.2) is 247 Å². The van der Waals surface area contributed by atoms with E-state index in [0.29, 0.717) is 0 Å². The second-order valence-corrected chi connectivity index (χ2v) is 16.0. The summed E-state index contributed by atoms with van der Waals surface area (Å²) in [7, 11) is 0. The van der Waals surface area contributed by atoms with Gasteiger partial charge in [0.25, 0.3) is 0 Å². The molecular weight excluding hydrogens is 765 g/mol. The van der Waals surface area contributed by atoms with Crippen LogP contribution in [0.3, 0.4) is 0 Å². The molecule has 0 N–H and O–H groups in total. The Labute approximate surface area is 366 Å². The van der Waals surface area contributed by atoms with Crippen molar-refractivity contribution in [1.82, 2.24) is 4.57 Å². The Morgan fingerprint density at radius 1 is 0.317 bits per heavy atom. The Hall–Kier alpha value is -8.40. The molecule has 12 rings (SSSR count). The van der Waals surface area contributed by atoms with Crippen LogP contribution in [0.2, 0.25) is 0 Å². The molecular formula is C60H40N2O. The summed E-state index contributed by atoms with van der Waals surface area (Å²) in [5, 5.41) is 4.69. The maximum absolute atomic E-state index is 6.52. The molecule has 3 nitrogen and oxygen atoms in total. The van der Waals surface area contributed by atoms with Gasteiger partial charge in [-0.15, -0.1) is 0 Å². The molecule has 0 unspecified atom stereocenters. The van der Waals surface area contributed by atoms with Crippen molar-refractivity contribution in [2.75, 3.05) is 4.90 Å². The molecule has 0 aliphatic heterocycles. The standard InChI is InChI=1S/C60H40N2O/c1-3-18-41(19-4-1)46-22-7-8-23-48(46)49-24-9-10-25-50(49)51-26-11-14-31-56(51)61(45-38-39-54-53-28-13-16-33-58(53)63-59(54)40-45)44-36-34-42(35-37-44)47-29-17-30-55-52-27-12-15-32-57(52)62(60(47)55)43-20-5-2-6-21-43/h1-40H. The van der Waals surface area contributed by atoms with Crippen LogP contribution in [-0.4, -0.2) is 4.57 Å². The fourth-order valence-electron chi connectivity index (χ4n) is 9.60. The van der Waals surface area contributed by atoms with Crippen LogP contribution < -0.4 is 4.90 Å². The summed E-state index contributed by atoms with van der Waals surface area (Å²) in [6.45, 7) is 0. The maximum atomic E-state index is 6.52. The van der Waals surface area contributed by atoms with E-state index in [-0.39, 0.29) is 0 Å². The van der Waals surface area contributed by atoms with E-state index in [1.807, 2.05) is 12.1 Å². The maximum Gasteiger partial charge on any atom is 0.137 e. The molecule has 10 aromatic carbocycles. The number of aromatic nitrogens is 1. The number of hydrogen-bond acceptors (Lipinski definition) is 2. The van der Waals surface area contributed by atoms with E-state index in [4.69, 9.17) is 4.42 Å². The summed E-state index contributed by atoms with van der Waals surface area (Å²) in [5.41, 5.74) is 17.8. The van der Waals surface area contributed by atoms with Crippen molar-refractivity contribution >= 4 is 60.8 Å². The predicted molar refractivity (Wildman–Crippen MR) is 264 cm³/mol. The highest BCUT2D eigenvalue weighted by atomic mass is 16.3. The summed E-state index contributed by atoms with van der Waals surface area (Å²) >= 11 is 0. The average molecular weight is 805 g/mol. The van der Waals surface area contributed by atoms with Gasteiger partial charge in [0, 0.05) is 55.8 Å². The van der Waals surface area contributed by atoms with Crippen molar-refractivity contribution in [3.05, 3.63) is 243 Å². The smallest absolute Gasteiger partial charge is 0.137 e. The van der Waals surface area contributed by atoms with Crippen molar-refractivity contribution in [2.24, 2.45) is 0 Å². The first-order valence-electron chi connectivity index (χ1n) is 21.5. The number of para-hydroxylation sites is 5. The molecule has 0 amide bonds. The Morgan fingerprint density at radius 2 is 0.841 bits per heavy atom. The van der Waals surface area contributed by atoms with Crippen molar-refractivity contribution in [3.8, 4) is 50.2 Å². The van der Waals surface area contributed by atoms with E-state index in [9.17, 15) is 0 Å². The Bertz CT molecular complexity index is 3620. The summed E-state index contributed by atoms with van der Waals surface area (Å²) in [6, 6.07) is 87.1. The highest BCUT2D eigenvalue weighted by Crippen LogP contribution is 2.47. The van der Waals surface area contributed by atoms with Gasteiger partial charge in [-0.3, -0.25) is 0 Å². The Balaban J connectivity index is 1.05. The molecule has 0 bridgehead atoms. The minimum Gasteiger partial charge on any atom is -0.456 e. The number of benzene rings is 10. The number of fused-ring (bicyclic) bond motifs is 6. The van der Waals surface area contributed by atoms with Gasteiger partial charge in [-0.05, 0) is 88.0 Å². The second-order valence-electron chi connectivity index (χ2n) is 16.0. The third-order valence-electron chi connectivity index (χ3n) is 12.4. The molecule has 63 heavy (non-hydrogen) atoms. The molecule has 296 valence electrons. The first-order chi connectivity index (χ1) is 31.3. The first kappa shape index (κ1) is 36.5. The van der Waals surface area contributed by atoms with E-state index in [1.54, 1.807) is 0 Å². The van der Waals surface area contributed by atoms with E-state index in [2.05, 4.69) is 240 Å². The number of furan rings is 1. The van der Waals surface area contributed by atoms with Crippen molar-refractivity contribution in [1.29, 1.82) is 0 Å². The van der Waals surface area contributed by atoms with Gasteiger partial charge in [-0.25, -0.2) is 0 Å². The molecule has 12 aromatic rings. The molecule has 0 aliphatic rings. The molecule has 2 aromatic heterocycles. The van der Waals surface area contributed by atoms with E-state index in [1.165, 1.54) is 49.6 Å². The highest BCUT2D eigenvalue weighted by molar-refractivity contribution is 6.14. The molecule has 0 aliphatic carbocycles. The molecule has 3 heteroatoms. The summed E-state index contributed by atoms with van der Waals surface area (Å²) in [4.78, 5) is 2.38. The largest absolute Gasteiger partial charge is 0.456 e. The summed E-state index contributed by atoms with van der Waals surface area (Å²) in [6.07, 6.45) is 0. The van der Waals surface area contributed by atoms with E-state index in [0.717, 1.165) is 61.4 Å². The molecule has 0 radical (unpaired) electrons. The molecule has 0 saturated carbocycles. The third-order valence-corrected chi connectivity index (χ3v) is 12.4. The van der Waals surface area contributed by atoms with Crippen LogP contribution in [-0.2, 0) is 0 Å². The van der Waals surface area contributed by atoms with Crippen molar-refractivity contribution in [2.45, 2.75) is 0 Å². The van der Waals surface area contributed by atoms with E-state index >= 15 is 0 Å². The SMILES string of the molecule is c1ccc(-c2ccccc2-c2ccccc2-c2ccccc2N(c2ccc(-c3cccc4c5ccccc5n(-c5ccccc5)c34)cc2)c2ccc3c(c2)oc2ccccc23)cc1. The van der Waals surface area contributed by atoms with Gasteiger partial charge in [0.05, 0.1) is 16.7 Å². The number of anilines is 3. The zero-order chi connectivity index (χ0) is 41.7. The molecule has 0 atom stereocenters. The van der Waals surface area contributed by atoms with Gasteiger partial charge in [0.15, 0.2) is 0 Å². The van der Waals surface area contributed by atoms with Crippen molar-refractivity contribution < 1.29 is 4.42 Å². The van der Waals surface area contributed by atoms with Gasteiger partial charge in [0.2, 0.25) is 0 Å². The Morgan fingerprint density at radius 3 is 1.62 bits per heavy atom. The monoisotopic (exact) mass is 804 g/mol. The lowest BCUT2D eigenvalue weighted by molar-refractivity contribution is 0.669. The second kappa shape index (κ2) is 15.3. The van der Waals surface area contributed by atoms with E-state index < -0.39 is 0 Å². The highest BCUT2D eigenvalue weighted by Gasteiger charge is 2.22. The zero-order valence-corrected chi connectivity index (χ0v) is 34.4. The minimum absolute atomic E-state index is 0.852. The fraction of sp³-hybridized carbons (Fsp3) is 0. The average Bonchev–Trinajstić information content (AvgIpc) is 3.91. The minimum atomic E-state index is 0.852. The fourth-order valence-corrected chi connectivity index (χ4v) is 9.60. The van der Waals surface area contributed by atoms with Gasteiger partial charge in [0.1, 0.15) is 11.2 Å². The normalized spacial score (nSPS) is 11.5. The summed E-state index contributed by atoms with van der Waals surface area (Å²) in [5.74, 6) is 0. The van der Waals surface area contributed by atoms with Gasteiger partial charge in [-0.2, -0.15) is 0 Å². The van der Waals surface area contributed by atoms with Crippen LogP contribution in [0, 0.1) is 0 Å². The number of rotatable bonds is 8. The van der Waals surface area contributed by atoms with Crippen LogP contribution >= 0.6 is 0 Å².